The summed E-state index contributed by atoms with van der Waals surface area (Å²) in [6, 6.07) is 6.20. The van der Waals surface area contributed by atoms with Crippen LogP contribution in [0.5, 0.6) is 0 Å². The molecule has 0 radical (unpaired) electrons. The Labute approximate surface area is 203 Å². The summed E-state index contributed by atoms with van der Waals surface area (Å²) in [5.74, 6) is -3.93. The minimum absolute atomic E-state index is 0.143. The van der Waals surface area contributed by atoms with Crippen LogP contribution in [0.4, 0.5) is 18.9 Å². The second kappa shape index (κ2) is 9.67. The number of piperidine rings is 1. The number of aliphatic hydroxyl groups excluding tert-OH is 1. The average molecular weight is 498 g/mol. The van der Waals surface area contributed by atoms with E-state index in [1.54, 1.807) is 6.07 Å². The predicted molar refractivity (Wildman–Crippen MR) is 121 cm³/mol. The van der Waals surface area contributed by atoms with E-state index < -0.39 is 59.0 Å². The first-order chi connectivity index (χ1) is 17.3. The van der Waals surface area contributed by atoms with Gasteiger partial charge in [0.25, 0.3) is 5.91 Å². The molecule has 1 aromatic carbocycles. The number of ether oxygens (including phenoxy) is 1. The second-order valence-corrected chi connectivity index (χ2v) is 8.64. The van der Waals surface area contributed by atoms with Crippen LogP contribution in [0.3, 0.4) is 0 Å². The number of rotatable bonds is 4. The molecule has 2 saturated heterocycles. The first-order valence-electron chi connectivity index (χ1n) is 11.3. The summed E-state index contributed by atoms with van der Waals surface area (Å²) in [4.78, 5) is 32.6. The standard InChI is InChI=1S/C25H21F3N4O4/c26-13-2-1-3-14(27)22(13)23-15(28)4-5-16(30-23)25(35)31-17-11-29-9-8-12(17)20-10-18(33)24-19(36-20)6-7-21(34)32-24/h1-5,8-9,11,18-20,24,33H,6-7,10H2,(H,31,35)(H,32,34)/t18-,19-,20-,24-/m1/s1. The van der Waals surface area contributed by atoms with E-state index in [1.165, 1.54) is 12.4 Å². The number of carbonyl (C=O) groups is 2. The number of nitrogens with one attached hydrogen (secondary N) is 2. The summed E-state index contributed by atoms with van der Waals surface area (Å²) in [6.45, 7) is 0. The van der Waals surface area contributed by atoms with Crippen molar-refractivity contribution in [1.82, 2.24) is 15.3 Å². The van der Waals surface area contributed by atoms with Gasteiger partial charge < -0.3 is 20.5 Å². The summed E-state index contributed by atoms with van der Waals surface area (Å²) in [7, 11) is 0. The van der Waals surface area contributed by atoms with Gasteiger partial charge in [0.2, 0.25) is 5.91 Å². The predicted octanol–water partition coefficient (Wildman–Crippen LogP) is 3.28. The molecule has 0 bridgehead atoms. The Hall–Kier alpha value is -3.83. The van der Waals surface area contributed by atoms with E-state index in [1.807, 2.05) is 0 Å². The highest BCUT2D eigenvalue weighted by Crippen LogP contribution is 2.37. The highest BCUT2D eigenvalue weighted by atomic mass is 19.1. The summed E-state index contributed by atoms with van der Waals surface area (Å²) in [6.07, 6.45) is 1.94. The molecule has 11 heteroatoms. The van der Waals surface area contributed by atoms with Crippen molar-refractivity contribution in [1.29, 1.82) is 0 Å². The molecular weight excluding hydrogens is 477 g/mol. The van der Waals surface area contributed by atoms with Crippen LogP contribution in [0.15, 0.2) is 48.8 Å². The Balaban J connectivity index is 1.40. The lowest BCUT2D eigenvalue weighted by atomic mass is 9.87. The molecule has 0 aliphatic carbocycles. The molecule has 2 aliphatic heterocycles. The highest BCUT2D eigenvalue weighted by molar-refractivity contribution is 6.03. The van der Waals surface area contributed by atoms with Crippen LogP contribution in [0.2, 0.25) is 0 Å². The number of hydrogen-bond acceptors (Lipinski definition) is 6. The van der Waals surface area contributed by atoms with Gasteiger partial charge in [-0.25, -0.2) is 18.2 Å². The number of halogens is 3. The zero-order valence-corrected chi connectivity index (χ0v) is 18.7. The maximum atomic E-state index is 14.4. The van der Waals surface area contributed by atoms with E-state index in [4.69, 9.17) is 4.74 Å². The van der Waals surface area contributed by atoms with Gasteiger partial charge >= 0.3 is 0 Å². The molecule has 4 atom stereocenters. The number of nitrogens with zero attached hydrogens (tertiary/aromatic N) is 2. The van der Waals surface area contributed by atoms with Crippen LogP contribution in [0.1, 0.15) is 41.4 Å². The van der Waals surface area contributed by atoms with Crippen molar-refractivity contribution in [2.24, 2.45) is 0 Å². The maximum Gasteiger partial charge on any atom is 0.274 e. The van der Waals surface area contributed by atoms with Gasteiger partial charge in [0.05, 0.1) is 41.8 Å². The van der Waals surface area contributed by atoms with Crippen molar-refractivity contribution >= 4 is 17.5 Å². The molecule has 0 saturated carbocycles. The topological polar surface area (TPSA) is 113 Å². The molecular formula is C25H21F3N4O4. The van der Waals surface area contributed by atoms with E-state index in [2.05, 4.69) is 20.6 Å². The molecule has 2 fully saturated rings. The van der Waals surface area contributed by atoms with Crippen molar-refractivity contribution in [3.8, 4) is 11.3 Å². The van der Waals surface area contributed by atoms with E-state index in [-0.39, 0.29) is 30.1 Å². The zero-order valence-electron chi connectivity index (χ0n) is 18.7. The summed E-state index contributed by atoms with van der Waals surface area (Å²) in [5, 5.41) is 16.0. The molecule has 36 heavy (non-hydrogen) atoms. The van der Waals surface area contributed by atoms with Gasteiger partial charge in [0, 0.05) is 24.6 Å². The summed E-state index contributed by atoms with van der Waals surface area (Å²) in [5.41, 5.74) is -0.777. The minimum atomic E-state index is -1.02. The van der Waals surface area contributed by atoms with E-state index in [0.29, 0.717) is 12.0 Å². The Bertz CT molecular complexity index is 1320. The molecule has 4 heterocycles. The van der Waals surface area contributed by atoms with Crippen molar-refractivity contribution in [3.63, 3.8) is 0 Å². The number of carbonyl (C=O) groups excluding carboxylic acids is 2. The Kier molecular flexibility index (Phi) is 6.42. The van der Waals surface area contributed by atoms with E-state index >= 15 is 0 Å². The zero-order chi connectivity index (χ0) is 25.4. The lowest BCUT2D eigenvalue weighted by Crippen LogP contribution is -2.58. The van der Waals surface area contributed by atoms with Crippen LogP contribution in [0, 0.1) is 17.5 Å². The fraction of sp³-hybridized carbons (Fsp3) is 0.280. The van der Waals surface area contributed by atoms with Crippen LogP contribution in [0.25, 0.3) is 11.3 Å². The Morgan fingerprint density at radius 3 is 2.67 bits per heavy atom. The van der Waals surface area contributed by atoms with Crippen molar-refractivity contribution in [2.45, 2.75) is 43.6 Å². The summed E-state index contributed by atoms with van der Waals surface area (Å²) < 4.78 is 49.0. The largest absolute Gasteiger partial charge is 0.391 e. The Morgan fingerprint density at radius 2 is 1.89 bits per heavy atom. The average Bonchev–Trinajstić information content (AvgIpc) is 2.85. The number of anilines is 1. The number of fused-ring (bicyclic) bond motifs is 1. The molecule has 2 aliphatic rings. The lowest BCUT2D eigenvalue weighted by Gasteiger charge is -2.43. The maximum absolute atomic E-state index is 14.4. The van der Waals surface area contributed by atoms with Crippen molar-refractivity contribution in [3.05, 3.63) is 77.5 Å². The van der Waals surface area contributed by atoms with Gasteiger partial charge in [-0.15, -0.1) is 0 Å². The fourth-order valence-electron chi connectivity index (χ4n) is 4.58. The van der Waals surface area contributed by atoms with Crippen LogP contribution in [-0.4, -0.2) is 45.1 Å². The Morgan fingerprint density at radius 1 is 1.11 bits per heavy atom. The van der Waals surface area contributed by atoms with Crippen molar-refractivity contribution < 1.29 is 32.6 Å². The molecule has 186 valence electrons. The molecule has 2 amide bonds. The number of amides is 2. The molecule has 3 aromatic rings. The highest BCUT2D eigenvalue weighted by Gasteiger charge is 2.42. The first kappa shape index (κ1) is 23.9. The molecule has 2 aromatic heterocycles. The van der Waals surface area contributed by atoms with E-state index in [9.17, 15) is 27.9 Å². The smallest absolute Gasteiger partial charge is 0.274 e. The third kappa shape index (κ3) is 4.54. The molecule has 8 nitrogen and oxygen atoms in total. The monoisotopic (exact) mass is 498 g/mol. The van der Waals surface area contributed by atoms with Gasteiger partial charge in [-0.3, -0.25) is 14.6 Å². The molecule has 0 unspecified atom stereocenters. The number of pyridine rings is 2. The third-order valence-corrected chi connectivity index (χ3v) is 6.32. The second-order valence-electron chi connectivity index (χ2n) is 8.64. The van der Waals surface area contributed by atoms with Crippen LogP contribution >= 0.6 is 0 Å². The number of hydrogen-bond donors (Lipinski definition) is 3. The third-order valence-electron chi connectivity index (χ3n) is 6.32. The fourth-order valence-corrected chi connectivity index (χ4v) is 4.58. The minimum Gasteiger partial charge on any atom is -0.391 e. The molecule has 3 N–H and O–H groups in total. The molecule has 0 spiro atoms. The van der Waals surface area contributed by atoms with Crippen LogP contribution in [-0.2, 0) is 9.53 Å². The quantitative estimate of drug-likeness (QED) is 0.509. The van der Waals surface area contributed by atoms with Crippen LogP contribution < -0.4 is 10.6 Å². The van der Waals surface area contributed by atoms with Gasteiger partial charge in [-0.05, 0) is 36.8 Å². The van der Waals surface area contributed by atoms with Crippen molar-refractivity contribution in [2.75, 3.05) is 5.32 Å². The lowest BCUT2D eigenvalue weighted by molar-refractivity contribution is -0.150. The number of aliphatic hydroxyl groups is 1. The summed E-state index contributed by atoms with van der Waals surface area (Å²) >= 11 is 0. The number of aromatic nitrogens is 2. The first-order valence-corrected chi connectivity index (χ1v) is 11.3. The van der Waals surface area contributed by atoms with Gasteiger partial charge in [0.1, 0.15) is 28.8 Å². The van der Waals surface area contributed by atoms with Gasteiger partial charge in [-0.2, -0.15) is 0 Å². The normalized spacial score (nSPS) is 23.5. The van der Waals surface area contributed by atoms with E-state index in [0.717, 1.165) is 30.3 Å². The SMILES string of the molecule is O=C1CC[C@H]2O[C@@H](c3ccncc3NC(=O)c3ccc(F)c(-c4c(F)cccc4F)n3)C[C@@H](O)[C@H]2N1. The van der Waals surface area contributed by atoms with Gasteiger partial charge in [0.15, 0.2) is 0 Å². The number of benzene rings is 1. The van der Waals surface area contributed by atoms with Gasteiger partial charge in [-0.1, -0.05) is 6.07 Å². The molecule has 5 rings (SSSR count).